The molecule has 0 fully saturated rings. The number of benzene rings is 8. The number of hydrogen-bond acceptors (Lipinski definition) is 0. The zero-order chi connectivity index (χ0) is 28.8. The summed E-state index contributed by atoms with van der Waals surface area (Å²) >= 11 is 0. The summed E-state index contributed by atoms with van der Waals surface area (Å²) in [6.07, 6.45) is 0. The summed E-state index contributed by atoms with van der Waals surface area (Å²) in [4.78, 5) is 0. The molecule has 8 aromatic carbocycles. The van der Waals surface area contributed by atoms with Crippen molar-refractivity contribution < 1.29 is 0 Å². The number of rotatable bonds is 2. The Morgan fingerprint density at radius 1 is 0.273 bits per heavy atom. The Hall–Kier alpha value is -5.86. The third-order valence-electron chi connectivity index (χ3n) is 9.47. The van der Waals surface area contributed by atoms with E-state index in [0.29, 0.717) is 0 Å². The lowest BCUT2D eigenvalue weighted by atomic mass is 9.96. The number of nitrogens with zero attached hydrogens (tertiary/aromatic N) is 2. The first kappa shape index (κ1) is 23.7. The maximum absolute atomic E-state index is 2.50. The summed E-state index contributed by atoms with van der Waals surface area (Å²) in [6, 6.07) is 57.7. The van der Waals surface area contributed by atoms with Crippen LogP contribution < -0.4 is 0 Å². The second kappa shape index (κ2) is 8.82. The highest BCUT2D eigenvalue weighted by atomic mass is 15.0. The van der Waals surface area contributed by atoms with Gasteiger partial charge in [0.15, 0.2) is 0 Å². The Morgan fingerprint density at radius 2 is 0.841 bits per heavy atom. The van der Waals surface area contributed by atoms with Crippen LogP contribution in [-0.4, -0.2) is 9.13 Å². The normalized spacial score (nSPS) is 12.1. The molecule has 10 rings (SSSR count). The van der Waals surface area contributed by atoms with E-state index < -0.39 is 0 Å². The van der Waals surface area contributed by atoms with Crippen LogP contribution in [0.15, 0.2) is 158 Å². The minimum Gasteiger partial charge on any atom is -0.309 e. The molecule has 0 amide bonds. The quantitative estimate of drug-likeness (QED) is 0.187. The van der Waals surface area contributed by atoms with Crippen molar-refractivity contribution in [2.75, 3.05) is 0 Å². The minimum absolute atomic E-state index is 1.18. The zero-order valence-electron chi connectivity index (χ0n) is 23.9. The predicted octanol–water partition coefficient (Wildman–Crippen LogP) is 11.3. The van der Waals surface area contributed by atoms with Crippen molar-refractivity contribution in [3.05, 3.63) is 158 Å². The lowest BCUT2D eigenvalue weighted by Gasteiger charge is -2.15. The highest BCUT2D eigenvalue weighted by molar-refractivity contribution is 6.29. The number of fused-ring (bicyclic) bond motifs is 12. The molecular weight excluding hydrogens is 532 g/mol. The van der Waals surface area contributed by atoms with E-state index >= 15 is 0 Å². The fraction of sp³-hybridized carbons (Fsp3) is 0. The number of aromatic nitrogens is 2. The summed E-state index contributed by atoms with van der Waals surface area (Å²) in [5, 5.41) is 12.8. The Morgan fingerprint density at radius 3 is 1.61 bits per heavy atom. The lowest BCUT2D eigenvalue weighted by Crippen LogP contribution is -1.96. The van der Waals surface area contributed by atoms with Gasteiger partial charge in [-0.3, -0.25) is 0 Å². The second-order valence-corrected chi connectivity index (χ2v) is 11.7. The maximum Gasteiger partial charge on any atom is 0.0549 e. The minimum atomic E-state index is 1.18. The van der Waals surface area contributed by atoms with E-state index in [-0.39, 0.29) is 0 Å². The Labute approximate surface area is 253 Å². The molecule has 0 N–H and O–H groups in total. The molecule has 10 aromatic rings. The highest BCUT2D eigenvalue weighted by Crippen LogP contribution is 2.44. The van der Waals surface area contributed by atoms with Gasteiger partial charge >= 0.3 is 0 Å². The van der Waals surface area contributed by atoms with E-state index in [1.54, 1.807) is 0 Å². The van der Waals surface area contributed by atoms with Crippen LogP contribution in [0, 0.1) is 0 Å². The van der Waals surface area contributed by atoms with Gasteiger partial charge in [-0.2, -0.15) is 0 Å². The molecule has 0 aliphatic carbocycles. The first-order valence-corrected chi connectivity index (χ1v) is 15.2. The Balaban J connectivity index is 1.40. The first-order chi connectivity index (χ1) is 21.9. The molecular formula is C42H26N2. The summed E-state index contributed by atoms with van der Waals surface area (Å²) < 4.78 is 4.91. The van der Waals surface area contributed by atoms with Crippen LogP contribution in [-0.2, 0) is 0 Å². The van der Waals surface area contributed by atoms with Gasteiger partial charge in [-0.05, 0) is 69.4 Å². The third kappa shape index (κ3) is 3.09. The van der Waals surface area contributed by atoms with Crippen LogP contribution in [0.2, 0.25) is 0 Å². The fourth-order valence-electron chi connectivity index (χ4n) is 7.68. The van der Waals surface area contributed by atoms with Gasteiger partial charge in [-0.25, -0.2) is 0 Å². The van der Waals surface area contributed by atoms with Crippen molar-refractivity contribution in [3.63, 3.8) is 0 Å². The van der Waals surface area contributed by atoms with E-state index in [9.17, 15) is 0 Å². The molecule has 0 unspecified atom stereocenters. The standard InChI is InChI=1S/C42H26N2/c1-2-13-29(14-3-1)43-35-18-8-6-16-33(35)41-38(43)25-26-39-42(41)34-17-7-9-19-36(34)44(39)37-20-10-12-28-22-23-31-30-15-5-4-11-27(30)21-24-32(31)40(28)37/h1-26H. The van der Waals surface area contributed by atoms with Crippen LogP contribution in [0.4, 0.5) is 0 Å². The first-order valence-electron chi connectivity index (χ1n) is 15.2. The summed E-state index contributed by atoms with van der Waals surface area (Å²) in [6.45, 7) is 0. The molecule has 2 nitrogen and oxygen atoms in total. The van der Waals surface area contributed by atoms with Crippen LogP contribution in [0.1, 0.15) is 0 Å². The smallest absolute Gasteiger partial charge is 0.0549 e. The van der Waals surface area contributed by atoms with Gasteiger partial charge in [0.05, 0.1) is 27.8 Å². The molecule has 44 heavy (non-hydrogen) atoms. The molecule has 2 heterocycles. The monoisotopic (exact) mass is 558 g/mol. The van der Waals surface area contributed by atoms with Crippen molar-refractivity contribution in [2.45, 2.75) is 0 Å². The van der Waals surface area contributed by atoms with Gasteiger partial charge in [-0.15, -0.1) is 0 Å². The van der Waals surface area contributed by atoms with E-state index in [1.807, 2.05) is 0 Å². The fourth-order valence-corrected chi connectivity index (χ4v) is 7.68. The molecule has 204 valence electrons. The molecule has 0 radical (unpaired) electrons. The molecule has 0 atom stereocenters. The van der Waals surface area contributed by atoms with Crippen molar-refractivity contribution in [1.29, 1.82) is 0 Å². The lowest BCUT2D eigenvalue weighted by molar-refractivity contribution is 1.18. The highest BCUT2D eigenvalue weighted by Gasteiger charge is 2.21. The average molecular weight is 559 g/mol. The SMILES string of the molecule is c1ccc(-n2c3ccccc3c3c4c5ccccc5n(-c5cccc6ccc7c8ccccc8ccc7c56)c4ccc32)cc1. The maximum atomic E-state index is 2.50. The van der Waals surface area contributed by atoms with Gasteiger partial charge in [0.2, 0.25) is 0 Å². The van der Waals surface area contributed by atoms with Crippen LogP contribution in [0.3, 0.4) is 0 Å². The van der Waals surface area contributed by atoms with Crippen molar-refractivity contribution in [2.24, 2.45) is 0 Å². The van der Waals surface area contributed by atoms with Gasteiger partial charge in [-0.1, -0.05) is 115 Å². The predicted molar refractivity (Wildman–Crippen MR) is 188 cm³/mol. The molecule has 0 aliphatic rings. The van der Waals surface area contributed by atoms with Crippen molar-refractivity contribution in [1.82, 2.24) is 9.13 Å². The molecule has 2 aromatic heterocycles. The zero-order valence-corrected chi connectivity index (χ0v) is 23.9. The molecule has 0 saturated carbocycles. The molecule has 0 spiro atoms. The third-order valence-corrected chi connectivity index (χ3v) is 9.47. The van der Waals surface area contributed by atoms with Crippen LogP contribution in [0.5, 0.6) is 0 Å². The number of para-hydroxylation sites is 3. The molecule has 0 aliphatic heterocycles. The molecule has 0 bridgehead atoms. The van der Waals surface area contributed by atoms with E-state index in [2.05, 4.69) is 167 Å². The van der Waals surface area contributed by atoms with Gasteiger partial charge < -0.3 is 9.13 Å². The summed E-state index contributed by atoms with van der Waals surface area (Å²) in [7, 11) is 0. The van der Waals surface area contributed by atoms with Crippen LogP contribution >= 0.6 is 0 Å². The van der Waals surface area contributed by atoms with Crippen LogP contribution in [0.25, 0.3) is 87.3 Å². The van der Waals surface area contributed by atoms with Crippen molar-refractivity contribution >= 4 is 75.9 Å². The van der Waals surface area contributed by atoms with Gasteiger partial charge in [0, 0.05) is 32.6 Å². The second-order valence-electron chi connectivity index (χ2n) is 11.7. The topological polar surface area (TPSA) is 9.86 Å². The van der Waals surface area contributed by atoms with E-state index in [4.69, 9.17) is 0 Å². The van der Waals surface area contributed by atoms with E-state index in [1.165, 1.54) is 87.3 Å². The molecule has 2 heteroatoms. The Kier molecular flexibility index (Phi) is 4.75. The largest absolute Gasteiger partial charge is 0.309 e. The van der Waals surface area contributed by atoms with Gasteiger partial charge in [0.1, 0.15) is 0 Å². The number of hydrogen-bond donors (Lipinski definition) is 0. The summed E-state index contributed by atoms with van der Waals surface area (Å²) in [5.74, 6) is 0. The molecule has 0 saturated heterocycles. The average Bonchev–Trinajstić information content (AvgIpc) is 3.61. The Bertz CT molecular complexity index is 2760. The summed E-state index contributed by atoms with van der Waals surface area (Å²) in [5.41, 5.74) is 7.27. The van der Waals surface area contributed by atoms with E-state index in [0.717, 1.165) is 0 Å². The van der Waals surface area contributed by atoms with Gasteiger partial charge in [0.25, 0.3) is 0 Å². The van der Waals surface area contributed by atoms with Crippen molar-refractivity contribution in [3.8, 4) is 11.4 Å².